The summed E-state index contributed by atoms with van der Waals surface area (Å²) >= 11 is 0. The van der Waals surface area contributed by atoms with Gasteiger partial charge in [0.1, 0.15) is 11.6 Å². The van der Waals surface area contributed by atoms with Crippen LogP contribution >= 0.6 is 0 Å². The monoisotopic (exact) mass is 430 g/mol. The molecule has 0 radical (unpaired) electrons. The summed E-state index contributed by atoms with van der Waals surface area (Å²) in [5.74, 6) is 3.32. The summed E-state index contributed by atoms with van der Waals surface area (Å²) in [4.78, 5) is 4.92. The number of benzene rings is 3. The van der Waals surface area contributed by atoms with Gasteiger partial charge in [-0.2, -0.15) is 0 Å². The van der Waals surface area contributed by atoms with Crippen LogP contribution in [0.25, 0.3) is 22.4 Å². The summed E-state index contributed by atoms with van der Waals surface area (Å²) in [6.07, 6.45) is 1.96. The van der Waals surface area contributed by atoms with Crippen molar-refractivity contribution in [1.29, 1.82) is 0 Å². The molecule has 0 atom stereocenters. The highest BCUT2D eigenvalue weighted by molar-refractivity contribution is 5.81. The molecule has 0 saturated heterocycles. The lowest BCUT2D eigenvalue weighted by atomic mass is 10.1. The predicted molar refractivity (Wildman–Crippen MR) is 129 cm³/mol. The third-order valence-electron chi connectivity index (χ3n) is 5.67. The van der Waals surface area contributed by atoms with E-state index in [4.69, 9.17) is 19.2 Å². The molecule has 32 heavy (non-hydrogen) atoms. The Morgan fingerprint density at radius 1 is 0.812 bits per heavy atom. The van der Waals surface area contributed by atoms with Crippen LogP contribution in [0, 0.1) is 13.8 Å². The fraction of sp³-hybridized carbons (Fsp3) is 0.296. The Labute approximate surface area is 189 Å². The van der Waals surface area contributed by atoms with Crippen molar-refractivity contribution in [2.75, 3.05) is 20.8 Å². The van der Waals surface area contributed by atoms with Crippen molar-refractivity contribution < 1.29 is 14.2 Å². The topological polar surface area (TPSA) is 45.5 Å². The van der Waals surface area contributed by atoms with Gasteiger partial charge in [0.25, 0.3) is 0 Å². The van der Waals surface area contributed by atoms with Crippen molar-refractivity contribution in [3.8, 4) is 28.6 Å². The lowest BCUT2D eigenvalue weighted by Gasteiger charge is -2.13. The van der Waals surface area contributed by atoms with Crippen molar-refractivity contribution in [2.24, 2.45) is 0 Å². The van der Waals surface area contributed by atoms with Gasteiger partial charge in [0.15, 0.2) is 11.5 Å². The maximum Gasteiger partial charge on any atom is 0.161 e. The SMILES string of the molecule is COc1ccc(-c2nc3ccccc3n2CCCCOc2cc(C)ccc2C)cc1OC. The normalized spacial score (nSPS) is 11.0. The number of para-hydroxylation sites is 2. The number of unbranched alkanes of at least 4 members (excludes halogenated alkanes) is 1. The van der Waals surface area contributed by atoms with Crippen LogP contribution in [0.5, 0.6) is 17.2 Å². The Bertz CT molecular complexity index is 1210. The third kappa shape index (κ3) is 4.57. The maximum absolute atomic E-state index is 6.04. The molecule has 0 bridgehead atoms. The average Bonchev–Trinajstić information content (AvgIpc) is 3.19. The van der Waals surface area contributed by atoms with E-state index in [1.54, 1.807) is 14.2 Å². The maximum atomic E-state index is 6.04. The van der Waals surface area contributed by atoms with E-state index in [2.05, 4.69) is 54.8 Å². The van der Waals surface area contributed by atoms with E-state index in [0.717, 1.165) is 47.6 Å². The molecule has 3 aromatic carbocycles. The minimum atomic E-state index is 0.697. The number of hydrogen-bond acceptors (Lipinski definition) is 4. The molecule has 0 fully saturated rings. The summed E-state index contributed by atoms with van der Waals surface area (Å²) in [5.41, 5.74) is 5.52. The van der Waals surface area contributed by atoms with Crippen LogP contribution in [0.3, 0.4) is 0 Å². The second-order valence-electron chi connectivity index (χ2n) is 7.97. The second kappa shape index (κ2) is 9.77. The number of aryl methyl sites for hydroxylation is 3. The van der Waals surface area contributed by atoms with Crippen molar-refractivity contribution >= 4 is 11.0 Å². The van der Waals surface area contributed by atoms with Gasteiger partial charge in [-0.1, -0.05) is 24.3 Å². The first-order valence-corrected chi connectivity index (χ1v) is 11.0. The highest BCUT2D eigenvalue weighted by atomic mass is 16.5. The number of fused-ring (bicyclic) bond motifs is 1. The van der Waals surface area contributed by atoms with Crippen LogP contribution in [-0.2, 0) is 6.54 Å². The fourth-order valence-electron chi connectivity index (χ4n) is 3.91. The molecular formula is C27H30N2O3. The first-order chi connectivity index (χ1) is 15.6. The summed E-state index contributed by atoms with van der Waals surface area (Å²) < 4.78 is 19.2. The molecule has 5 heteroatoms. The van der Waals surface area contributed by atoms with Crippen LogP contribution in [0.15, 0.2) is 60.7 Å². The standard InChI is InChI=1S/C27H30N2O3/c1-19-11-12-20(2)25(17-19)32-16-8-7-15-29-23-10-6-5-9-22(23)28-27(29)21-13-14-24(30-3)26(18-21)31-4/h5-6,9-14,17-18H,7-8,15-16H2,1-4H3. The van der Waals surface area contributed by atoms with Gasteiger partial charge >= 0.3 is 0 Å². The van der Waals surface area contributed by atoms with Crippen molar-refractivity contribution in [3.63, 3.8) is 0 Å². The number of rotatable bonds is 9. The smallest absolute Gasteiger partial charge is 0.161 e. The molecule has 0 unspecified atom stereocenters. The minimum Gasteiger partial charge on any atom is -0.493 e. The van der Waals surface area contributed by atoms with E-state index in [-0.39, 0.29) is 0 Å². The van der Waals surface area contributed by atoms with Gasteiger partial charge in [0.05, 0.1) is 31.9 Å². The quantitative estimate of drug-likeness (QED) is 0.297. The van der Waals surface area contributed by atoms with Gasteiger partial charge in [-0.3, -0.25) is 0 Å². The predicted octanol–water partition coefficient (Wildman–Crippen LogP) is 6.20. The molecule has 0 saturated carbocycles. The van der Waals surface area contributed by atoms with Crippen LogP contribution in [-0.4, -0.2) is 30.4 Å². The lowest BCUT2D eigenvalue weighted by molar-refractivity contribution is 0.301. The Morgan fingerprint density at radius 2 is 1.62 bits per heavy atom. The van der Waals surface area contributed by atoms with E-state index >= 15 is 0 Å². The van der Waals surface area contributed by atoms with Gasteiger partial charge in [-0.25, -0.2) is 4.98 Å². The van der Waals surface area contributed by atoms with Gasteiger partial charge in [0.2, 0.25) is 0 Å². The number of ether oxygens (including phenoxy) is 3. The minimum absolute atomic E-state index is 0.697. The largest absolute Gasteiger partial charge is 0.493 e. The van der Waals surface area contributed by atoms with Crippen molar-refractivity contribution in [1.82, 2.24) is 9.55 Å². The Kier molecular flexibility index (Phi) is 6.64. The zero-order chi connectivity index (χ0) is 22.5. The van der Waals surface area contributed by atoms with Gasteiger partial charge in [-0.15, -0.1) is 0 Å². The number of imidazole rings is 1. The number of aromatic nitrogens is 2. The molecule has 0 N–H and O–H groups in total. The molecule has 5 nitrogen and oxygen atoms in total. The highest BCUT2D eigenvalue weighted by Gasteiger charge is 2.14. The third-order valence-corrected chi connectivity index (χ3v) is 5.67. The van der Waals surface area contributed by atoms with E-state index in [1.807, 2.05) is 24.3 Å². The van der Waals surface area contributed by atoms with Crippen LogP contribution in [0.1, 0.15) is 24.0 Å². The molecular weight excluding hydrogens is 400 g/mol. The average molecular weight is 431 g/mol. The van der Waals surface area contributed by atoms with Gasteiger partial charge in [-0.05, 0) is 74.2 Å². The van der Waals surface area contributed by atoms with Crippen LogP contribution in [0.4, 0.5) is 0 Å². The van der Waals surface area contributed by atoms with Crippen LogP contribution < -0.4 is 14.2 Å². The first-order valence-electron chi connectivity index (χ1n) is 11.0. The Hall–Kier alpha value is -3.47. The van der Waals surface area contributed by atoms with Crippen molar-refractivity contribution in [3.05, 3.63) is 71.8 Å². The Balaban J connectivity index is 1.51. The molecule has 1 heterocycles. The molecule has 0 aliphatic heterocycles. The molecule has 0 aliphatic carbocycles. The second-order valence-corrected chi connectivity index (χ2v) is 7.97. The van der Waals surface area contributed by atoms with Gasteiger partial charge < -0.3 is 18.8 Å². The molecule has 0 aliphatic rings. The fourth-order valence-corrected chi connectivity index (χ4v) is 3.91. The van der Waals surface area contributed by atoms with Crippen molar-refractivity contribution in [2.45, 2.75) is 33.2 Å². The number of nitrogens with zero attached hydrogens (tertiary/aromatic N) is 2. The lowest BCUT2D eigenvalue weighted by Crippen LogP contribution is -2.05. The van der Waals surface area contributed by atoms with Crippen LogP contribution in [0.2, 0.25) is 0 Å². The van der Waals surface area contributed by atoms with E-state index in [0.29, 0.717) is 18.1 Å². The van der Waals surface area contributed by atoms with E-state index in [1.165, 1.54) is 11.1 Å². The zero-order valence-corrected chi connectivity index (χ0v) is 19.2. The summed E-state index contributed by atoms with van der Waals surface area (Å²) in [5, 5.41) is 0. The first kappa shape index (κ1) is 21.8. The zero-order valence-electron chi connectivity index (χ0n) is 19.2. The summed E-state index contributed by atoms with van der Waals surface area (Å²) in [6, 6.07) is 20.5. The van der Waals surface area contributed by atoms with Gasteiger partial charge in [0, 0.05) is 12.1 Å². The summed E-state index contributed by atoms with van der Waals surface area (Å²) in [6.45, 7) is 5.73. The molecule has 1 aromatic heterocycles. The molecule has 0 spiro atoms. The summed E-state index contributed by atoms with van der Waals surface area (Å²) in [7, 11) is 3.30. The van der Waals surface area contributed by atoms with E-state index < -0.39 is 0 Å². The number of methoxy groups -OCH3 is 2. The number of hydrogen-bond donors (Lipinski definition) is 0. The highest BCUT2D eigenvalue weighted by Crippen LogP contribution is 2.33. The molecule has 4 rings (SSSR count). The molecule has 166 valence electrons. The van der Waals surface area contributed by atoms with E-state index in [9.17, 15) is 0 Å². The molecule has 0 amide bonds. The molecule has 4 aromatic rings. The Morgan fingerprint density at radius 3 is 2.44 bits per heavy atom.